The third kappa shape index (κ3) is 2.86. The Labute approximate surface area is 124 Å². The molecule has 0 spiro atoms. The van der Waals surface area contributed by atoms with E-state index in [4.69, 9.17) is 5.84 Å². The van der Waals surface area contributed by atoms with Gasteiger partial charge in [-0.1, -0.05) is 30.0 Å². The molecular formula is C13H15N5O2S. The lowest BCUT2D eigenvalue weighted by molar-refractivity contribution is 0.0953. The van der Waals surface area contributed by atoms with E-state index < -0.39 is 0 Å². The van der Waals surface area contributed by atoms with E-state index in [0.717, 1.165) is 18.4 Å². The van der Waals surface area contributed by atoms with Crippen LogP contribution in [-0.4, -0.2) is 20.7 Å². The van der Waals surface area contributed by atoms with Crippen LogP contribution in [0.3, 0.4) is 0 Å². The van der Waals surface area contributed by atoms with Crippen molar-refractivity contribution in [2.45, 2.75) is 29.8 Å². The first-order chi connectivity index (χ1) is 10.2. The number of hydrogen-bond acceptors (Lipinski definition) is 5. The highest BCUT2D eigenvalue weighted by Gasteiger charge is 2.28. The maximum absolute atomic E-state index is 11.7. The van der Waals surface area contributed by atoms with Gasteiger partial charge >= 0.3 is 5.69 Å². The zero-order valence-electron chi connectivity index (χ0n) is 11.2. The largest absolute Gasteiger partial charge is 0.344 e. The molecule has 110 valence electrons. The number of aromatic nitrogens is 3. The molecule has 0 unspecified atom stereocenters. The van der Waals surface area contributed by atoms with Crippen LogP contribution in [0.1, 0.15) is 34.8 Å². The van der Waals surface area contributed by atoms with Gasteiger partial charge in [0.2, 0.25) is 0 Å². The van der Waals surface area contributed by atoms with Gasteiger partial charge in [0.25, 0.3) is 5.91 Å². The van der Waals surface area contributed by atoms with Crippen molar-refractivity contribution in [2.24, 2.45) is 5.84 Å². The zero-order chi connectivity index (χ0) is 14.8. The number of carbonyl (C=O) groups excluding carboxylic acids is 1. The molecule has 1 saturated carbocycles. The topological polar surface area (TPSA) is 106 Å². The zero-order valence-corrected chi connectivity index (χ0v) is 12.0. The first kappa shape index (κ1) is 13.9. The van der Waals surface area contributed by atoms with E-state index in [9.17, 15) is 9.59 Å². The fourth-order valence-corrected chi connectivity index (χ4v) is 3.15. The molecule has 1 aliphatic rings. The second kappa shape index (κ2) is 5.74. The van der Waals surface area contributed by atoms with Crippen molar-refractivity contribution in [1.82, 2.24) is 20.2 Å². The van der Waals surface area contributed by atoms with Gasteiger partial charge in [-0.25, -0.2) is 15.7 Å². The van der Waals surface area contributed by atoms with Gasteiger partial charge in [0.15, 0.2) is 5.16 Å². The van der Waals surface area contributed by atoms with Crippen molar-refractivity contribution in [1.29, 1.82) is 0 Å². The Kier molecular flexibility index (Phi) is 3.80. The number of carbonyl (C=O) groups is 1. The molecule has 0 aliphatic heterocycles. The highest BCUT2D eigenvalue weighted by atomic mass is 32.2. The van der Waals surface area contributed by atoms with Crippen molar-refractivity contribution < 1.29 is 4.79 Å². The van der Waals surface area contributed by atoms with Crippen molar-refractivity contribution in [3.63, 3.8) is 0 Å². The number of nitrogens with zero attached hydrogens (tertiary/aromatic N) is 2. The summed E-state index contributed by atoms with van der Waals surface area (Å²) in [7, 11) is 0. The van der Waals surface area contributed by atoms with Crippen LogP contribution in [0, 0.1) is 0 Å². The van der Waals surface area contributed by atoms with Crippen LogP contribution in [0.25, 0.3) is 0 Å². The summed E-state index contributed by atoms with van der Waals surface area (Å²) in [6, 6.07) is 7.50. The number of nitrogens with two attached hydrogens (primary N) is 1. The SMILES string of the molecule is NNC(=O)c1ccccc1CSc1n[nH]c(=O)n1C1CC1. The molecule has 1 amide bonds. The lowest BCUT2D eigenvalue weighted by Crippen LogP contribution is -2.30. The van der Waals surface area contributed by atoms with Crippen LogP contribution in [0.15, 0.2) is 34.2 Å². The minimum Gasteiger partial charge on any atom is -0.290 e. The van der Waals surface area contributed by atoms with E-state index in [1.54, 1.807) is 16.7 Å². The molecule has 1 aliphatic carbocycles. The van der Waals surface area contributed by atoms with Gasteiger partial charge in [-0.2, -0.15) is 0 Å². The minimum atomic E-state index is -0.326. The number of hydrazine groups is 1. The Hall–Kier alpha value is -2.06. The monoisotopic (exact) mass is 305 g/mol. The first-order valence-corrected chi connectivity index (χ1v) is 7.58. The molecule has 1 aromatic carbocycles. The van der Waals surface area contributed by atoms with Gasteiger partial charge in [-0.05, 0) is 24.5 Å². The Morgan fingerprint density at radius 1 is 1.48 bits per heavy atom. The number of amides is 1. The Morgan fingerprint density at radius 3 is 2.95 bits per heavy atom. The number of H-pyrrole nitrogens is 1. The molecule has 1 fully saturated rings. The summed E-state index contributed by atoms with van der Waals surface area (Å²) >= 11 is 1.43. The van der Waals surface area contributed by atoms with Crippen LogP contribution in [-0.2, 0) is 5.75 Å². The van der Waals surface area contributed by atoms with Crippen LogP contribution in [0.5, 0.6) is 0 Å². The second-order valence-corrected chi connectivity index (χ2v) is 5.77. The number of nitrogen functional groups attached to an aromatic ring is 1. The molecule has 1 heterocycles. The normalized spacial score (nSPS) is 14.1. The fourth-order valence-electron chi connectivity index (χ4n) is 2.13. The molecule has 0 saturated heterocycles. The number of hydrogen-bond donors (Lipinski definition) is 3. The number of rotatable bonds is 5. The maximum atomic E-state index is 11.7. The van der Waals surface area contributed by atoms with E-state index in [2.05, 4.69) is 15.6 Å². The van der Waals surface area contributed by atoms with E-state index >= 15 is 0 Å². The summed E-state index contributed by atoms with van der Waals surface area (Å²) in [5.74, 6) is 5.40. The van der Waals surface area contributed by atoms with Gasteiger partial charge in [0.1, 0.15) is 0 Å². The summed E-state index contributed by atoms with van der Waals surface area (Å²) in [6.07, 6.45) is 2.03. The van der Waals surface area contributed by atoms with E-state index in [1.165, 1.54) is 11.8 Å². The van der Waals surface area contributed by atoms with Crippen molar-refractivity contribution in [2.75, 3.05) is 0 Å². The standard InChI is InChI=1S/C13H15N5O2S/c14-15-11(19)10-4-2-1-3-8(10)7-21-13-17-16-12(20)18(13)9-5-6-9/h1-4,9H,5-7,14H2,(H,15,19)(H,16,20). The van der Waals surface area contributed by atoms with Crippen LogP contribution >= 0.6 is 11.8 Å². The van der Waals surface area contributed by atoms with Gasteiger partial charge in [-0.15, -0.1) is 5.10 Å². The predicted octanol–water partition coefficient (Wildman–Crippen LogP) is 0.802. The molecule has 4 N–H and O–H groups in total. The summed E-state index contributed by atoms with van der Waals surface area (Å²) in [5.41, 5.74) is 3.35. The molecule has 0 atom stereocenters. The number of thioether (sulfide) groups is 1. The highest BCUT2D eigenvalue weighted by molar-refractivity contribution is 7.98. The molecule has 3 rings (SSSR count). The molecule has 0 bridgehead atoms. The maximum Gasteiger partial charge on any atom is 0.344 e. The van der Waals surface area contributed by atoms with Crippen LogP contribution in [0.2, 0.25) is 0 Å². The van der Waals surface area contributed by atoms with E-state index in [1.807, 2.05) is 12.1 Å². The lowest BCUT2D eigenvalue weighted by atomic mass is 10.1. The number of benzene rings is 1. The number of nitrogens with one attached hydrogen (secondary N) is 2. The molecule has 0 radical (unpaired) electrons. The average molecular weight is 305 g/mol. The third-order valence-corrected chi connectivity index (χ3v) is 4.34. The molecule has 7 nitrogen and oxygen atoms in total. The Bertz CT molecular complexity index is 719. The summed E-state index contributed by atoms with van der Waals surface area (Å²) in [6.45, 7) is 0. The van der Waals surface area contributed by atoms with Crippen molar-refractivity contribution in [3.8, 4) is 0 Å². The summed E-state index contributed by atoms with van der Waals surface area (Å²) in [4.78, 5) is 23.4. The average Bonchev–Trinajstić information content (AvgIpc) is 3.28. The molecule has 21 heavy (non-hydrogen) atoms. The molecule has 2 aromatic rings. The molecule has 1 aromatic heterocycles. The van der Waals surface area contributed by atoms with Crippen molar-refractivity contribution >= 4 is 17.7 Å². The van der Waals surface area contributed by atoms with E-state index in [-0.39, 0.29) is 17.6 Å². The smallest absolute Gasteiger partial charge is 0.290 e. The van der Waals surface area contributed by atoms with Crippen LogP contribution in [0.4, 0.5) is 0 Å². The highest BCUT2D eigenvalue weighted by Crippen LogP contribution is 2.36. The van der Waals surface area contributed by atoms with Crippen LogP contribution < -0.4 is 17.0 Å². The van der Waals surface area contributed by atoms with Gasteiger partial charge in [0, 0.05) is 17.4 Å². The lowest BCUT2D eigenvalue weighted by Gasteiger charge is -2.08. The first-order valence-electron chi connectivity index (χ1n) is 6.59. The Balaban J connectivity index is 1.79. The van der Waals surface area contributed by atoms with Gasteiger partial charge in [-0.3, -0.25) is 14.8 Å². The Morgan fingerprint density at radius 2 is 2.24 bits per heavy atom. The summed E-state index contributed by atoms with van der Waals surface area (Å²) < 4.78 is 1.69. The van der Waals surface area contributed by atoms with Crippen molar-refractivity contribution in [3.05, 3.63) is 45.9 Å². The minimum absolute atomic E-state index is 0.173. The van der Waals surface area contributed by atoms with Gasteiger partial charge < -0.3 is 0 Å². The molecule has 8 heteroatoms. The third-order valence-electron chi connectivity index (χ3n) is 3.33. The quantitative estimate of drug-likeness (QED) is 0.328. The van der Waals surface area contributed by atoms with E-state index in [0.29, 0.717) is 16.5 Å². The predicted molar refractivity (Wildman–Crippen MR) is 78.8 cm³/mol. The second-order valence-electron chi connectivity index (χ2n) is 4.83. The molecular weight excluding hydrogens is 290 g/mol. The van der Waals surface area contributed by atoms with Gasteiger partial charge in [0.05, 0.1) is 0 Å². The number of aromatic amines is 1. The summed E-state index contributed by atoms with van der Waals surface area (Å²) in [5, 5.41) is 7.19. The fraction of sp³-hybridized carbons (Fsp3) is 0.308.